The molecular formula is C18H17ClN2O. The summed E-state index contributed by atoms with van der Waals surface area (Å²) in [5, 5.41) is 15.5. The summed E-state index contributed by atoms with van der Waals surface area (Å²) >= 11 is 5.99. The number of rotatable bonds is 4. The molecule has 0 aliphatic rings. The third kappa shape index (κ3) is 3.21. The van der Waals surface area contributed by atoms with E-state index in [1.54, 1.807) is 19.1 Å². The number of pyridine rings is 1. The third-order valence-corrected chi connectivity index (χ3v) is 3.89. The number of hydrogen-bond donors (Lipinski definition) is 2. The van der Waals surface area contributed by atoms with Gasteiger partial charge in [-0.1, -0.05) is 41.9 Å². The molecule has 3 rings (SSSR count). The SMILES string of the molecule is CC(O)(CNc1ccc2ccccc2n1)c1cccc(Cl)c1. The highest BCUT2D eigenvalue weighted by molar-refractivity contribution is 6.30. The van der Waals surface area contributed by atoms with E-state index in [-0.39, 0.29) is 0 Å². The van der Waals surface area contributed by atoms with Crippen LogP contribution in [0.25, 0.3) is 10.9 Å². The lowest BCUT2D eigenvalue weighted by Crippen LogP contribution is -2.30. The summed E-state index contributed by atoms with van der Waals surface area (Å²) in [5.74, 6) is 0.737. The second-order valence-corrected chi connectivity index (χ2v) is 5.96. The van der Waals surface area contributed by atoms with Crippen molar-refractivity contribution in [2.24, 2.45) is 0 Å². The molecule has 0 fully saturated rings. The molecule has 1 aromatic heterocycles. The Kier molecular flexibility index (Phi) is 4.01. The van der Waals surface area contributed by atoms with Crippen LogP contribution in [0.3, 0.4) is 0 Å². The zero-order valence-corrected chi connectivity index (χ0v) is 13.0. The number of para-hydroxylation sites is 1. The average Bonchev–Trinajstić information content (AvgIpc) is 2.53. The topological polar surface area (TPSA) is 45.1 Å². The smallest absolute Gasteiger partial charge is 0.126 e. The van der Waals surface area contributed by atoms with Gasteiger partial charge in [0.25, 0.3) is 0 Å². The van der Waals surface area contributed by atoms with E-state index >= 15 is 0 Å². The standard InChI is InChI=1S/C18H17ClN2O/c1-18(22,14-6-4-7-15(19)11-14)12-20-17-10-9-13-5-2-3-8-16(13)21-17/h2-11,22H,12H2,1H3,(H,20,21). The number of anilines is 1. The Balaban J connectivity index is 1.77. The molecule has 0 spiro atoms. The minimum absolute atomic E-state index is 0.346. The second-order valence-electron chi connectivity index (χ2n) is 5.53. The average molecular weight is 313 g/mol. The number of nitrogens with zero attached hydrogens (tertiary/aromatic N) is 1. The first-order chi connectivity index (χ1) is 10.5. The van der Waals surface area contributed by atoms with Crippen molar-refractivity contribution in [3.8, 4) is 0 Å². The predicted octanol–water partition coefficient (Wildman–Crippen LogP) is 4.21. The van der Waals surface area contributed by atoms with Crippen LogP contribution in [0.15, 0.2) is 60.7 Å². The van der Waals surface area contributed by atoms with Crippen LogP contribution in [0.5, 0.6) is 0 Å². The Morgan fingerprint density at radius 1 is 1.09 bits per heavy atom. The Labute approximate surface area is 134 Å². The molecule has 0 bridgehead atoms. The highest BCUT2D eigenvalue weighted by Crippen LogP contribution is 2.24. The van der Waals surface area contributed by atoms with Crippen molar-refractivity contribution in [1.82, 2.24) is 4.98 Å². The zero-order valence-electron chi connectivity index (χ0n) is 12.3. The molecule has 3 aromatic rings. The number of nitrogens with one attached hydrogen (secondary N) is 1. The molecule has 22 heavy (non-hydrogen) atoms. The van der Waals surface area contributed by atoms with Crippen molar-refractivity contribution >= 4 is 28.3 Å². The molecule has 1 atom stereocenters. The van der Waals surface area contributed by atoms with Gasteiger partial charge in [0.1, 0.15) is 11.4 Å². The van der Waals surface area contributed by atoms with Crippen LogP contribution < -0.4 is 5.32 Å². The van der Waals surface area contributed by atoms with E-state index in [1.807, 2.05) is 48.5 Å². The Morgan fingerprint density at radius 3 is 2.73 bits per heavy atom. The molecule has 0 aliphatic heterocycles. The Bertz CT molecular complexity index is 802. The fourth-order valence-corrected chi connectivity index (χ4v) is 2.54. The van der Waals surface area contributed by atoms with E-state index in [4.69, 9.17) is 11.6 Å². The monoisotopic (exact) mass is 312 g/mol. The molecule has 2 aromatic carbocycles. The fourth-order valence-electron chi connectivity index (χ4n) is 2.35. The normalized spacial score (nSPS) is 13.8. The van der Waals surface area contributed by atoms with Gasteiger partial charge in [-0.2, -0.15) is 0 Å². The first-order valence-corrected chi connectivity index (χ1v) is 7.50. The Morgan fingerprint density at radius 2 is 1.91 bits per heavy atom. The number of hydrogen-bond acceptors (Lipinski definition) is 3. The van der Waals surface area contributed by atoms with Crippen LogP contribution in [0.4, 0.5) is 5.82 Å². The molecule has 0 aliphatic carbocycles. The largest absolute Gasteiger partial charge is 0.384 e. The highest BCUT2D eigenvalue weighted by Gasteiger charge is 2.23. The summed E-state index contributed by atoms with van der Waals surface area (Å²) < 4.78 is 0. The summed E-state index contributed by atoms with van der Waals surface area (Å²) in [6.07, 6.45) is 0. The quantitative estimate of drug-likeness (QED) is 0.758. The molecular weight excluding hydrogens is 296 g/mol. The van der Waals surface area contributed by atoms with Crippen LogP contribution in [-0.4, -0.2) is 16.6 Å². The van der Waals surface area contributed by atoms with Crippen molar-refractivity contribution < 1.29 is 5.11 Å². The number of benzene rings is 2. The summed E-state index contributed by atoms with van der Waals surface area (Å²) in [6.45, 7) is 2.10. The minimum atomic E-state index is -1.03. The van der Waals surface area contributed by atoms with Gasteiger partial charge in [0, 0.05) is 17.0 Å². The van der Waals surface area contributed by atoms with E-state index < -0.39 is 5.60 Å². The van der Waals surface area contributed by atoms with Crippen LogP contribution in [0.1, 0.15) is 12.5 Å². The van der Waals surface area contributed by atoms with Crippen molar-refractivity contribution in [2.45, 2.75) is 12.5 Å². The van der Waals surface area contributed by atoms with Gasteiger partial charge in [0.15, 0.2) is 0 Å². The number of fused-ring (bicyclic) bond motifs is 1. The van der Waals surface area contributed by atoms with Crippen LogP contribution in [0, 0.1) is 0 Å². The summed E-state index contributed by atoms with van der Waals surface area (Å²) in [5.41, 5.74) is 0.668. The highest BCUT2D eigenvalue weighted by atomic mass is 35.5. The molecule has 3 nitrogen and oxygen atoms in total. The molecule has 112 valence electrons. The van der Waals surface area contributed by atoms with Gasteiger partial charge in [-0.15, -0.1) is 0 Å². The number of halogens is 1. The first kappa shape index (κ1) is 14.8. The molecule has 0 saturated carbocycles. The van der Waals surface area contributed by atoms with Crippen molar-refractivity contribution in [1.29, 1.82) is 0 Å². The van der Waals surface area contributed by atoms with Gasteiger partial charge in [0.2, 0.25) is 0 Å². The fraction of sp³-hybridized carbons (Fsp3) is 0.167. The molecule has 0 saturated heterocycles. The lowest BCUT2D eigenvalue weighted by Gasteiger charge is -2.24. The van der Waals surface area contributed by atoms with Crippen molar-refractivity contribution in [3.63, 3.8) is 0 Å². The van der Waals surface area contributed by atoms with Crippen molar-refractivity contribution in [3.05, 3.63) is 71.2 Å². The predicted molar refractivity (Wildman–Crippen MR) is 91.3 cm³/mol. The van der Waals surface area contributed by atoms with E-state index in [2.05, 4.69) is 10.3 Å². The van der Waals surface area contributed by atoms with Crippen LogP contribution in [0.2, 0.25) is 5.02 Å². The van der Waals surface area contributed by atoms with Crippen LogP contribution >= 0.6 is 11.6 Å². The lowest BCUT2D eigenvalue weighted by atomic mass is 9.96. The van der Waals surface area contributed by atoms with Gasteiger partial charge < -0.3 is 10.4 Å². The maximum Gasteiger partial charge on any atom is 0.126 e. The Hall–Kier alpha value is -2.10. The zero-order chi connectivity index (χ0) is 15.6. The van der Waals surface area contributed by atoms with Crippen LogP contribution in [-0.2, 0) is 5.60 Å². The van der Waals surface area contributed by atoms with E-state index in [9.17, 15) is 5.11 Å². The second kappa shape index (κ2) is 5.95. The van der Waals surface area contributed by atoms with E-state index in [0.717, 1.165) is 22.3 Å². The third-order valence-electron chi connectivity index (χ3n) is 3.66. The van der Waals surface area contributed by atoms with Crippen molar-refractivity contribution in [2.75, 3.05) is 11.9 Å². The molecule has 0 radical (unpaired) electrons. The summed E-state index contributed by atoms with van der Waals surface area (Å²) in [4.78, 5) is 4.54. The number of aliphatic hydroxyl groups is 1. The summed E-state index contributed by atoms with van der Waals surface area (Å²) in [7, 11) is 0. The minimum Gasteiger partial charge on any atom is -0.384 e. The summed E-state index contributed by atoms with van der Waals surface area (Å²) in [6, 6.07) is 19.1. The maximum absolute atomic E-state index is 10.6. The van der Waals surface area contributed by atoms with E-state index in [0.29, 0.717) is 11.6 Å². The number of aromatic nitrogens is 1. The van der Waals surface area contributed by atoms with Gasteiger partial charge in [-0.3, -0.25) is 0 Å². The molecule has 1 heterocycles. The van der Waals surface area contributed by atoms with Gasteiger partial charge in [-0.25, -0.2) is 4.98 Å². The lowest BCUT2D eigenvalue weighted by molar-refractivity contribution is 0.0714. The first-order valence-electron chi connectivity index (χ1n) is 7.13. The van der Waals surface area contributed by atoms with Gasteiger partial charge in [0.05, 0.1) is 5.52 Å². The maximum atomic E-state index is 10.6. The molecule has 4 heteroatoms. The molecule has 0 amide bonds. The molecule has 2 N–H and O–H groups in total. The van der Waals surface area contributed by atoms with Gasteiger partial charge in [-0.05, 0) is 42.8 Å². The van der Waals surface area contributed by atoms with Gasteiger partial charge >= 0.3 is 0 Å². The molecule has 1 unspecified atom stereocenters. The van der Waals surface area contributed by atoms with E-state index in [1.165, 1.54) is 0 Å².